The van der Waals surface area contributed by atoms with Crippen molar-refractivity contribution >= 4 is 0 Å². The Morgan fingerprint density at radius 3 is 2.62 bits per heavy atom. The van der Waals surface area contributed by atoms with Crippen LogP contribution in [0.15, 0.2) is 30.6 Å². The van der Waals surface area contributed by atoms with Crippen LogP contribution < -0.4 is 10.1 Å². The molecule has 4 nitrogen and oxygen atoms in total. The number of rotatable bonds is 6. The fourth-order valence-corrected chi connectivity index (χ4v) is 2.04. The fraction of sp³-hybridized carbons (Fsp3) is 0.471. The van der Waals surface area contributed by atoms with Crippen molar-refractivity contribution in [3.05, 3.63) is 41.7 Å². The minimum absolute atomic E-state index is 0.336. The van der Waals surface area contributed by atoms with Gasteiger partial charge in [0, 0.05) is 24.2 Å². The first-order valence-corrected chi connectivity index (χ1v) is 7.50. The zero-order chi connectivity index (χ0) is 15.4. The molecule has 1 aromatic heterocycles. The minimum Gasteiger partial charge on any atom is -0.454 e. The van der Waals surface area contributed by atoms with Crippen molar-refractivity contribution in [3.8, 4) is 11.5 Å². The molecule has 0 amide bonds. The van der Waals surface area contributed by atoms with Crippen molar-refractivity contribution in [1.29, 1.82) is 0 Å². The summed E-state index contributed by atoms with van der Waals surface area (Å²) in [5, 5.41) is 7.75. The molecule has 2 rings (SSSR count). The third-order valence-corrected chi connectivity index (χ3v) is 3.25. The highest BCUT2D eigenvalue weighted by molar-refractivity contribution is 5.39. The molecule has 1 aromatic carbocycles. The van der Waals surface area contributed by atoms with Gasteiger partial charge >= 0.3 is 0 Å². The van der Waals surface area contributed by atoms with Crippen molar-refractivity contribution in [2.75, 3.05) is 0 Å². The zero-order valence-corrected chi connectivity index (χ0v) is 13.6. The van der Waals surface area contributed by atoms with Gasteiger partial charge in [-0.2, -0.15) is 5.10 Å². The Labute approximate surface area is 127 Å². The SMILES string of the molecule is Cc1ccc(Oc2cnn(C(C)C)c2)c(CNC(C)C)c1. The monoisotopic (exact) mass is 287 g/mol. The molecule has 0 atom stereocenters. The van der Waals surface area contributed by atoms with E-state index in [1.807, 2.05) is 16.9 Å². The molecular formula is C17H25N3O. The summed E-state index contributed by atoms with van der Waals surface area (Å²) < 4.78 is 7.90. The average molecular weight is 287 g/mol. The number of hydrogen-bond acceptors (Lipinski definition) is 3. The molecule has 0 aliphatic rings. The normalized spacial score (nSPS) is 11.4. The maximum absolute atomic E-state index is 6.00. The van der Waals surface area contributed by atoms with Crippen molar-refractivity contribution in [2.45, 2.75) is 53.2 Å². The van der Waals surface area contributed by atoms with E-state index < -0.39 is 0 Å². The van der Waals surface area contributed by atoms with E-state index >= 15 is 0 Å². The molecule has 1 heterocycles. The van der Waals surface area contributed by atoms with Gasteiger partial charge in [0.25, 0.3) is 0 Å². The van der Waals surface area contributed by atoms with E-state index in [0.29, 0.717) is 12.1 Å². The number of aryl methyl sites for hydroxylation is 1. The Morgan fingerprint density at radius 2 is 2.00 bits per heavy atom. The van der Waals surface area contributed by atoms with Crippen LogP contribution in [0.5, 0.6) is 11.5 Å². The maximum atomic E-state index is 6.00. The lowest BCUT2D eigenvalue weighted by molar-refractivity contribution is 0.465. The molecule has 0 aliphatic heterocycles. The Hall–Kier alpha value is -1.81. The number of ether oxygens (including phenoxy) is 1. The number of benzene rings is 1. The molecule has 4 heteroatoms. The molecule has 0 radical (unpaired) electrons. The van der Waals surface area contributed by atoms with E-state index in [1.165, 1.54) is 11.1 Å². The second-order valence-corrected chi connectivity index (χ2v) is 6.00. The molecule has 0 saturated carbocycles. The predicted molar refractivity (Wildman–Crippen MR) is 85.8 cm³/mol. The summed E-state index contributed by atoms with van der Waals surface area (Å²) in [5.74, 6) is 1.66. The van der Waals surface area contributed by atoms with Crippen molar-refractivity contribution in [2.24, 2.45) is 0 Å². The molecule has 0 aliphatic carbocycles. The number of hydrogen-bond donors (Lipinski definition) is 1. The summed E-state index contributed by atoms with van der Waals surface area (Å²) in [7, 11) is 0. The average Bonchev–Trinajstić information content (AvgIpc) is 2.87. The zero-order valence-electron chi connectivity index (χ0n) is 13.6. The van der Waals surface area contributed by atoms with Crippen LogP contribution in [-0.2, 0) is 6.54 Å². The molecule has 21 heavy (non-hydrogen) atoms. The highest BCUT2D eigenvalue weighted by Crippen LogP contribution is 2.26. The largest absolute Gasteiger partial charge is 0.454 e. The summed E-state index contributed by atoms with van der Waals surface area (Å²) in [6.07, 6.45) is 3.70. The first kappa shape index (κ1) is 15.6. The summed E-state index contributed by atoms with van der Waals surface area (Å²) >= 11 is 0. The quantitative estimate of drug-likeness (QED) is 0.870. The van der Waals surface area contributed by atoms with Crippen LogP contribution in [0.1, 0.15) is 44.9 Å². The van der Waals surface area contributed by atoms with E-state index in [0.717, 1.165) is 18.0 Å². The van der Waals surface area contributed by atoms with Gasteiger partial charge in [0.15, 0.2) is 5.75 Å². The van der Waals surface area contributed by atoms with E-state index in [9.17, 15) is 0 Å². The van der Waals surface area contributed by atoms with Gasteiger partial charge in [-0.25, -0.2) is 0 Å². The maximum Gasteiger partial charge on any atom is 0.165 e. The molecule has 114 valence electrons. The Kier molecular flexibility index (Phi) is 5.02. The molecule has 0 bridgehead atoms. The third kappa shape index (κ3) is 4.33. The van der Waals surface area contributed by atoms with Crippen LogP contribution in [-0.4, -0.2) is 15.8 Å². The smallest absolute Gasteiger partial charge is 0.165 e. The number of aromatic nitrogens is 2. The van der Waals surface area contributed by atoms with Crippen molar-refractivity contribution < 1.29 is 4.74 Å². The van der Waals surface area contributed by atoms with Crippen LogP contribution >= 0.6 is 0 Å². The summed E-state index contributed by atoms with van der Waals surface area (Å²) in [6.45, 7) is 11.4. The van der Waals surface area contributed by atoms with Gasteiger partial charge < -0.3 is 10.1 Å². The fourth-order valence-electron chi connectivity index (χ4n) is 2.04. The van der Waals surface area contributed by atoms with Crippen LogP contribution in [0, 0.1) is 6.92 Å². The molecule has 0 saturated heterocycles. The van der Waals surface area contributed by atoms with E-state index in [2.05, 4.69) is 57.2 Å². The Bertz CT molecular complexity index is 587. The van der Waals surface area contributed by atoms with E-state index in [-0.39, 0.29) is 0 Å². The Morgan fingerprint density at radius 1 is 1.24 bits per heavy atom. The summed E-state index contributed by atoms with van der Waals surface area (Å²) in [6, 6.07) is 7.04. The van der Waals surface area contributed by atoms with Crippen LogP contribution in [0.4, 0.5) is 0 Å². The van der Waals surface area contributed by atoms with Crippen LogP contribution in [0.25, 0.3) is 0 Å². The lowest BCUT2D eigenvalue weighted by Gasteiger charge is -2.13. The van der Waals surface area contributed by atoms with Crippen LogP contribution in [0.3, 0.4) is 0 Å². The van der Waals surface area contributed by atoms with Gasteiger partial charge in [-0.3, -0.25) is 4.68 Å². The molecule has 2 aromatic rings. The first-order valence-electron chi connectivity index (χ1n) is 7.50. The topological polar surface area (TPSA) is 39.1 Å². The van der Waals surface area contributed by atoms with Gasteiger partial charge in [0.05, 0.1) is 12.4 Å². The molecule has 1 N–H and O–H groups in total. The molecule has 0 unspecified atom stereocenters. The van der Waals surface area contributed by atoms with E-state index in [1.54, 1.807) is 6.20 Å². The van der Waals surface area contributed by atoms with Gasteiger partial charge in [-0.15, -0.1) is 0 Å². The highest BCUT2D eigenvalue weighted by Gasteiger charge is 2.08. The summed E-state index contributed by atoms with van der Waals surface area (Å²) in [4.78, 5) is 0. The predicted octanol–water partition coefficient (Wildman–Crippen LogP) is 4.06. The Balaban J connectivity index is 2.17. The lowest BCUT2D eigenvalue weighted by Crippen LogP contribution is -2.22. The van der Waals surface area contributed by atoms with Crippen LogP contribution in [0.2, 0.25) is 0 Å². The standard InChI is InChI=1S/C17H25N3O/c1-12(2)18-9-15-8-14(5)6-7-17(15)21-16-10-19-20(11-16)13(3)4/h6-8,10-13,18H,9H2,1-5H3. The van der Waals surface area contributed by atoms with Gasteiger partial charge in [-0.1, -0.05) is 31.5 Å². The van der Waals surface area contributed by atoms with E-state index in [4.69, 9.17) is 4.74 Å². The highest BCUT2D eigenvalue weighted by atomic mass is 16.5. The second kappa shape index (κ2) is 6.76. The van der Waals surface area contributed by atoms with Gasteiger partial charge in [-0.05, 0) is 26.8 Å². The van der Waals surface area contributed by atoms with Gasteiger partial charge in [0.1, 0.15) is 5.75 Å². The molecule has 0 spiro atoms. The number of nitrogens with zero attached hydrogens (tertiary/aromatic N) is 2. The summed E-state index contributed by atoms with van der Waals surface area (Å²) in [5.41, 5.74) is 2.40. The van der Waals surface area contributed by atoms with Crippen molar-refractivity contribution in [1.82, 2.24) is 15.1 Å². The van der Waals surface area contributed by atoms with Gasteiger partial charge in [0.2, 0.25) is 0 Å². The minimum atomic E-state index is 0.336. The number of nitrogens with one attached hydrogen (secondary N) is 1. The first-order chi connectivity index (χ1) is 9.95. The van der Waals surface area contributed by atoms with Crippen molar-refractivity contribution in [3.63, 3.8) is 0 Å². The lowest BCUT2D eigenvalue weighted by atomic mass is 10.1. The molecular weight excluding hydrogens is 262 g/mol. The molecule has 0 fully saturated rings. The third-order valence-electron chi connectivity index (χ3n) is 3.25. The second-order valence-electron chi connectivity index (χ2n) is 6.00.